The molecule has 2 heterocycles. The van der Waals surface area contributed by atoms with Crippen molar-refractivity contribution in [2.45, 2.75) is 37.7 Å². The van der Waals surface area contributed by atoms with Crippen LogP contribution in [-0.4, -0.2) is 45.1 Å². The van der Waals surface area contributed by atoms with Crippen molar-refractivity contribution < 1.29 is 9.90 Å². The monoisotopic (exact) mass is 274 g/mol. The molecule has 3 N–H and O–H groups in total. The number of nitrogen functional groups attached to an aromatic ring is 1. The van der Waals surface area contributed by atoms with Crippen LogP contribution < -0.4 is 5.73 Å². The highest BCUT2D eigenvalue weighted by molar-refractivity contribution is 5.98. The van der Waals surface area contributed by atoms with Crippen LogP contribution in [0.5, 0.6) is 0 Å². The predicted octanol–water partition coefficient (Wildman–Crippen LogP) is 0.533. The summed E-state index contributed by atoms with van der Waals surface area (Å²) in [4.78, 5) is 22.7. The summed E-state index contributed by atoms with van der Waals surface area (Å²) >= 11 is 0. The maximum Gasteiger partial charge on any atom is 0.259 e. The number of aromatic nitrogens is 2. The molecule has 1 aromatic rings. The number of nitrogens with zero attached hydrogens (tertiary/aromatic N) is 3. The Bertz CT molecular complexity index is 581. The summed E-state index contributed by atoms with van der Waals surface area (Å²) in [6.45, 7) is 1.01. The van der Waals surface area contributed by atoms with Gasteiger partial charge in [-0.1, -0.05) is 0 Å². The lowest BCUT2D eigenvalue weighted by Gasteiger charge is -2.16. The van der Waals surface area contributed by atoms with Crippen molar-refractivity contribution in [3.63, 3.8) is 0 Å². The van der Waals surface area contributed by atoms with E-state index in [4.69, 9.17) is 5.73 Å². The van der Waals surface area contributed by atoms with E-state index in [2.05, 4.69) is 9.97 Å². The average Bonchev–Trinajstić information content (AvgIpc) is 3.30. The van der Waals surface area contributed by atoms with E-state index in [0.29, 0.717) is 24.6 Å². The van der Waals surface area contributed by atoms with Gasteiger partial charge in [-0.3, -0.25) is 4.79 Å². The van der Waals surface area contributed by atoms with E-state index in [-0.39, 0.29) is 17.1 Å². The molecule has 20 heavy (non-hydrogen) atoms. The third-order valence-corrected chi connectivity index (χ3v) is 4.80. The Morgan fingerprint density at radius 3 is 2.75 bits per heavy atom. The predicted molar refractivity (Wildman–Crippen MR) is 72.0 cm³/mol. The molecule has 1 aromatic heterocycles. The molecule has 0 aromatic carbocycles. The number of carbonyl (C=O) groups excluding carboxylic acids is 1. The van der Waals surface area contributed by atoms with Crippen molar-refractivity contribution in [2.75, 3.05) is 18.8 Å². The van der Waals surface area contributed by atoms with Crippen molar-refractivity contribution >= 4 is 11.7 Å². The van der Waals surface area contributed by atoms with Gasteiger partial charge < -0.3 is 15.7 Å². The van der Waals surface area contributed by atoms with Crippen LogP contribution in [0.2, 0.25) is 0 Å². The zero-order valence-electron chi connectivity index (χ0n) is 11.2. The van der Waals surface area contributed by atoms with E-state index in [0.717, 1.165) is 31.5 Å². The first-order valence-electron chi connectivity index (χ1n) is 7.19. The maximum atomic E-state index is 12.5. The highest BCUT2D eigenvalue weighted by Crippen LogP contribution is 2.53. The molecule has 6 nitrogen and oxygen atoms in total. The third-order valence-electron chi connectivity index (χ3n) is 4.80. The molecule has 6 heteroatoms. The lowest BCUT2D eigenvalue weighted by atomic mass is 10.0. The molecule has 3 aliphatic rings. The molecule has 1 atom stereocenters. The largest absolute Gasteiger partial charge is 0.391 e. The van der Waals surface area contributed by atoms with Crippen LogP contribution in [0.1, 0.15) is 47.8 Å². The second-order valence-electron chi connectivity index (χ2n) is 6.37. The van der Waals surface area contributed by atoms with E-state index >= 15 is 0 Å². The van der Waals surface area contributed by atoms with Gasteiger partial charge in [-0.05, 0) is 25.7 Å². The van der Waals surface area contributed by atoms with Crippen molar-refractivity contribution in [2.24, 2.45) is 5.41 Å². The van der Waals surface area contributed by atoms with Crippen LogP contribution in [0, 0.1) is 5.41 Å². The van der Waals surface area contributed by atoms with Gasteiger partial charge in [0.25, 0.3) is 5.91 Å². The summed E-state index contributed by atoms with van der Waals surface area (Å²) in [5.41, 5.74) is 6.23. The minimum Gasteiger partial charge on any atom is -0.391 e. The third kappa shape index (κ3) is 1.78. The summed E-state index contributed by atoms with van der Waals surface area (Å²) in [7, 11) is 0. The van der Waals surface area contributed by atoms with E-state index in [9.17, 15) is 9.90 Å². The second-order valence-corrected chi connectivity index (χ2v) is 6.37. The van der Waals surface area contributed by atoms with Crippen LogP contribution in [0.3, 0.4) is 0 Å². The summed E-state index contributed by atoms with van der Waals surface area (Å²) in [5.74, 6) is 1.27. The molecule has 2 saturated carbocycles. The summed E-state index contributed by atoms with van der Waals surface area (Å²) < 4.78 is 0. The van der Waals surface area contributed by atoms with Crippen LogP contribution in [0.25, 0.3) is 0 Å². The first kappa shape index (κ1) is 12.1. The second kappa shape index (κ2) is 3.91. The Balaban J connectivity index is 1.56. The average molecular weight is 274 g/mol. The fourth-order valence-corrected chi connectivity index (χ4v) is 3.04. The maximum absolute atomic E-state index is 12.5. The quantitative estimate of drug-likeness (QED) is 0.821. The SMILES string of the molecule is Nc1nc(C2CC2)ncc1C(=O)N1CC(O)C2(CC2)C1. The minimum absolute atomic E-state index is 0.0424. The molecule has 0 radical (unpaired) electrons. The van der Waals surface area contributed by atoms with Crippen LogP contribution in [0.4, 0.5) is 5.82 Å². The zero-order valence-corrected chi connectivity index (χ0v) is 11.2. The summed E-state index contributed by atoms with van der Waals surface area (Å²) in [5, 5.41) is 10.0. The zero-order chi connectivity index (χ0) is 13.9. The van der Waals surface area contributed by atoms with Crippen LogP contribution in [0.15, 0.2) is 6.20 Å². The highest BCUT2D eigenvalue weighted by Gasteiger charge is 2.55. The van der Waals surface area contributed by atoms with Crippen LogP contribution >= 0.6 is 0 Å². The van der Waals surface area contributed by atoms with Gasteiger partial charge in [-0.15, -0.1) is 0 Å². The normalized spacial score (nSPS) is 27.1. The number of carbonyl (C=O) groups is 1. The summed E-state index contributed by atoms with van der Waals surface area (Å²) in [6.07, 6.45) is 5.36. The Kier molecular flexibility index (Phi) is 2.36. The fraction of sp³-hybridized carbons (Fsp3) is 0.643. The van der Waals surface area contributed by atoms with E-state index in [1.807, 2.05) is 0 Å². The van der Waals surface area contributed by atoms with E-state index in [1.165, 1.54) is 0 Å². The lowest BCUT2D eigenvalue weighted by molar-refractivity contribution is 0.0764. The number of hydrogen-bond donors (Lipinski definition) is 2. The Morgan fingerprint density at radius 2 is 2.20 bits per heavy atom. The molecule has 4 rings (SSSR count). The molecule has 1 spiro atoms. The molecular formula is C14H18N4O2. The molecule has 1 aliphatic heterocycles. The number of likely N-dealkylation sites (tertiary alicyclic amines) is 1. The van der Waals surface area contributed by atoms with Crippen LogP contribution in [-0.2, 0) is 0 Å². The number of anilines is 1. The van der Waals surface area contributed by atoms with Gasteiger partial charge in [0.15, 0.2) is 0 Å². The number of hydrogen-bond acceptors (Lipinski definition) is 5. The first-order chi connectivity index (χ1) is 9.59. The summed E-state index contributed by atoms with van der Waals surface area (Å²) in [6, 6.07) is 0. The molecular weight excluding hydrogens is 256 g/mol. The highest BCUT2D eigenvalue weighted by atomic mass is 16.3. The van der Waals surface area contributed by atoms with Crippen molar-refractivity contribution in [3.8, 4) is 0 Å². The van der Waals surface area contributed by atoms with Crippen molar-refractivity contribution in [3.05, 3.63) is 17.6 Å². The first-order valence-corrected chi connectivity index (χ1v) is 7.19. The van der Waals surface area contributed by atoms with E-state index in [1.54, 1.807) is 11.1 Å². The smallest absolute Gasteiger partial charge is 0.259 e. The molecule has 1 unspecified atom stereocenters. The van der Waals surface area contributed by atoms with Gasteiger partial charge in [-0.2, -0.15) is 0 Å². The van der Waals surface area contributed by atoms with Gasteiger partial charge in [0.2, 0.25) is 0 Å². The number of β-amino-alcohol motifs (C(OH)–C–C–N with tert-alkyl or cyclic N) is 1. The lowest BCUT2D eigenvalue weighted by Crippen LogP contribution is -2.30. The molecule has 2 aliphatic carbocycles. The molecule has 1 saturated heterocycles. The van der Waals surface area contributed by atoms with Gasteiger partial charge >= 0.3 is 0 Å². The number of nitrogens with two attached hydrogens (primary N) is 1. The number of aliphatic hydroxyl groups excluding tert-OH is 1. The van der Waals surface area contributed by atoms with Crippen molar-refractivity contribution in [1.82, 2.24) is 14.9 Å². The molecule has 106 valence electrons. The topological polar surface area (TPSA) is 92.3 Å². The minimum atomic E-state index is -0.403. The van der Waals surface area contributed by atoms with Gasteiger partial charge in [0.05, 0.1) is 6.10 Å². The van der Waals surface area contributed by atoms with Gasteiger partial charge in [0, 0.05) is 30.6 Å². The van der Waals surface area contributed by atoms with Crippen molar-refractivity contribution in [1.29, 1.82) is 0 Å². The fourth-order valence-electron chi connectivity index (χ4n) is 3.04. The molecule has 1 amide bonds. The van der Waals surface area contributed by atoms with Gasteiger partial charge in [0.1, 0.15) is 17.2 Å². The standard InChI is InChI=1S/C14H18N4O2/c15-11-9(5-16-12(17-11)8-1-2-8)13(20)18-6-10(19)14(7-18)3-4-14/h5,8,10,19H,1-4,6-7H2,(H2,15,16,17). The molecule has 0 bridgehead atoms. The Morgan fingerprint density at radius 1 is 1.45 bits per heavy atom. The van der Waals surface area contributed by atoms with E-state index < -0.39 is 6.10 Å². The Labute approximate surface area is 117 Å². The number of aliphatic hydroxyl groups is 1. The van der Waals surface area contributed by atoms with Gasteiger partial charge in [-0.25, -0.2) is 9.97 Å². The molecule has 3 fully saturated rings. The number of rotatable bonds is 2. The number of amides is 1. The Hall–Kier alpha value is -1.69.